The van der Waals surface area contributed by atoms with Crippen LogP contribution in [-0.4, -0.2) is 123 Å². The zero-order valence-corrected chi connectivity index (χ0v) is 41.1. The van der Waals surface area contributed by atoms with Crippen LogP contribution >= 0.6 is 35.2 Å². The van der Waals surface area contributed by atoms with Crippen molar-refractivity contribution < 1.29 is 84.9 Å². The number of hydrogen-bond acceptors (Lipinski definition) is 19. The van der Waals surface area contributed by atoms with Crippen molar-refractivity contribution in [2.75, 3.05) is 37.8 Å². The van der Waals surface area contributed by atoms with Gasteiger partial charge in [0.1, 0.15) is 47.8 Å². The lowest BCUT2D eigenvalue weighted by atomic mass is 9.87. The van der Waals surface area contributed by atoms with Crippen molar-refractivity contribution in [3.05, 3.63) is 35.8 Å². The highest BCUT2D eigenvalue weighted by Gasteiger charge is 2.50. The molecule has 7 atom stereocenters. The molecule has 0 aromatic carbocycles. The van der Waals surface area contributed by atoms with Gasteiger partial charge in [0.25, 0.3) is 0 Å². The van der Waals surface area contributed by atoms with Gasteiger partial charge >= 0.3 is 23.5 Å². The first-order valence-electron chi connectivity index (χ1n) is 21.5. The van der Waals surface area contributed by atoms with E-state index < -0.39 is 84.6 Å². The van der Waals surface area contributed by atoms with Crippen LogP contribution in [-0.2, 0) is 63.5 Å². The Morgan fingerprint density at radius 3 is 2.34 bits per heavy atom. The summed E-state index contributed by atoms with van der Waals surface area (Å²) in [6.45, 7) is 4.76. The highest BCUT2D eigenvalue weighted by molar-refractivity contribution is 8.13. The number of nitrogens with one attached hydrogen (secondary N) is 2. The molecule has 1 saturated heterocycles. The Bertz CT molecular complexity index is 2260. The van der Waals surface area contributed by atoms with E-state index in [1.807, 2.05) is 0 Å². The van der Waals surface area contributed by atoms with Gasteiger partial charge in [-0.15, -0.1) is 0 Å². The van der Waals surface area contributed by atoms with Gasteiger partial charge in [-0.05, 0) is 37.8 Å². The molecule has 1 aliphatic heterocycles. The molecule has 0 radical (unpaired) electrons. The Hall–Kier alpha value is -3.16. The topological polar surface area (TPSA) is 377 Å². The number of phosphoric ester groups is 3. The number of phosphoric acid groups is 3. The van der Waals surface area contributed by atoms with Crippen molar-refractivity contribution in [3.8, 4) is 0 Å². The number of unbranched alkanes of at least 4 members (excludes halogenated alkanes) is 5. The molecule has 3 aromatic rings. The molecule has 4 rings (SSSR count). The zero-order valence-electron chi connectivity index (χ0n) is 37.6. The molecule has 7 unspecified atom stereocenters. The van der Waals surface area contributed by atoms with Crippen molar-refractivity contribution >= 4 is 69.1 Å². The van der Waals surface area contributed by atoms with Gasteiger partial charge in [0, 0.05) is 49.9 Å². The van der Waals surface area contributed by atoms with Crippen LogP contribution in [0.15, 0.2) is 23.1 Å². The summed E-state index contributed by atoms with van der Waals surface area (Å²) in [4.78, 5) is 88.4. The molecule has 1 aliphatic rings. The van der Waals surface area contributed by atoms with Crippen molar-refractivity contribution in [2.45, 2.75) is 129 Å². The number of fused-ring (bicyclic) bond motifs is 1. The highest BCUT2D eigenvalue weighted by atomic mass is 32.2. The van der Waals surface area contributed by atoms with Crippen molar-refractivity contribution in [1.82, 2.24) is 30.2 Å². The lowest BCUT2D eigenvalue weighted by Gasteiger charge is -2.30. The second kappa shape index (κ2) is 25.6. The summed E-state index contributed by atoms with van der Waals surface area (Å²) in [5.74, 6) is 1.07. The first kappa shape index (κ1) is 56.4. The van der Waals surface area contributed by atoms with E-state index in [0.717, 1.165) is 98.3 Å². The fraction of sp³-hybridized carbons (Fsp3) is 0.684. The Balaban J connectivity index is 1.09. The smallest absolute Gasteiger partial charge is 0.466 e. The van der Waals surface area contributed by atoms with E-state index in [9.17, 15) is 57.9 Å². The Kier molecular flexibility index (Phi) is 21.6. The fourth-order valence-electron chi connectivity index (χ4n) is 6.84. The molecular weight excluding hydrogens is 967 g/mol. The van der Waals surface area contributed by atoms with E-state index in [0.29, 0.717) is 12.2 Å². The Labute approximate surface area is 391 Å². The van der Waals surface area contributed by atoms with Crippen LogP contribution in [0, 0.1) is 12.3 Å². The van der Waals surface area contributed by atoms with Crippen LogP contribution in [0.5, 0.6) is 0 Å². The minimum Gasteiger partial charge on any atom is -0.466 e. The van der Waals surface area contributed by atoms with Gasteiger partial charge in [-0.25, -0.2) is 28.6 Å². The number of amides is 2. The summed E-state index contributed by atoms with van der Waals surface area (Å²) in [6.07, 6.45) is 2.59. The predicted octanol–water partition coefficient (Wildman–Crippen LogP) is 3.49. The summed E-state index contributed by atoms with van der Waals surface area (Å²) in [5, 5.41) is 26.6. The summed E-state index contributed by atoms with van der Waals surface area (Å²) >= 11 is 1.14. The molecule has 0 aliphatic carbocycles. The van der Waals surface area contributed by atoms with E-state index in [-0.39, 0.29) is 41.6 Å². The van der Waals surface area contributed by atoms with Crippen molar-refractivity contribution in [2.24, 2.45) is 5.41 Å². The number of ether oxygens (including phenoxy) is 1. The lowest BCUT2D eigenvalue weighted by molar-refractivity contribution is -0.137. The number of carbonyl (C=O) groups is 3. The Morgan fingerprint density at radius 1 is 0.955 bits per heavy atom. The highest BCUT2D eigenvalue weighted by Crippen LogP contribution is 2.61. The normalized spacial score (nSPS) is 20.1. The lowest BCUT2D eigenvalue weighted by Crippen LogP contribution is -2.46. The number of carbonyl (C=O) groups excluding carboxylic acids is 3. The van der Waals surface area contributed by atoms with E-state index in [1.165, 1.54) is 19.4 Å². The SMILES string of the molecule is CCCc1cc(C)c(CCCCCCCCC(=O)SCCNC(=O)CCNC(=O)C(O)C(C)(C)COP(=O)(O)OP(=O)(O)OCC2OC(n3cnc4c(N)ncnc43)C(O)C2OP(=O)(O)O)o1. The largest absolute Gasteiger partial charge is 0.481 e. The molecule has 3 aromatic heterocycles. The number of rotatable bonds is 30. The maximum Gasteiger partial charge on any atom is 0.481 e. The van der Waals surface area contributed by atoms with Crippen LogP contribution in [0.25, 0.3) is 11.2 Å². The average molecular weight is 1030 g/mol. The molecule has 25 nitrogen and oxygen atoms in total. The molecule has 0 bridgehead atoms. The number of aliphatic hydroxyl groups excluding tert-OH is 2. The zero-order chi connectivity index (χ0) is 49.6. The minimum atomic E-state index is -5.58. The first-order valence-corrected chi connectivity index (χ1v) is 27.1. The number of nitrogen functional groups attached to an aromatic ring is 1. The molecule has 2 amide bonds. The monoisotopic (exact) mass is 1030 g/mol. The molecular formula is C38H62N7O18P3S. The number of imidazole rings is 1. The molecule has 10 N–H and O–H groups in total. The number of furan rings is 1. The number of aliphatic hydroxyl groups is 2. The van der Waals surface area contributed by atoms with Gasteiger partial charge in [0.15, 0.2) is 22.8 Å². The number of thioether (sulfide) groups is 1. The van der Waals surface area contributed by atoms with Gasteiger partial charge in [-0.1, -0.05) is 58.2 Å². The summed E-state index contributed by atoms with van der Waals surface area (Å²) in [5.41, 5.74) is 5.49. The van der Waals surface area contributed by atoms with E-state index >= 15 is 0 Å². The fourth-order valence-corrected chi connectivity index (χ4v) is 10.4. The first-order chi connectivity index (χ1) is 31.4. The summed E-state index contributed by atoms with van der Waals surface area (Å²) in [7, 11) is -16.4. The van der Waals surface area contributed by atoms with Crippen LogP contribution in [0.2, 0.25) is 0 Å². The molecule has 29 heteroatoms. The Morgan fingerprint density at radius 2 is 1.64 bits per heavy atom. The predicted molar refractivity (Wildman–Crippen MR) is 241 cm³/mol. The van der Waals surface area contributed by atoms with Gasteiger partial charge in [0.05, 0.1) is 19.5 Å². The third kappa shape index (κ3) is 18.3. The molecule has 0 spiro atoms. The van der Waals surface area contributed by atoms with E-state index in [1.54, 1.807) is 0 Å². The standard InChI is InChI=1S/C38H62N7O18P3S/c1-5-12-25-19-24(2)26(60-25)13-10-8-6-7-9-11-14-29(47)67-18-17-40-28(46)15-16-41-36(50)33(49)38(3,4)21-59-66(56,57)63-65(54,55)58-20-27-32(62-64(51,52)53)31(48)37(61-27)45-23-44-30-34(39)42-22-43-35(30)45/h19,22-23,27,31-33,37,48-49H,5-18,20-21H2,1-4H3,(H,40,46)(H,41,50)(H,54,55)(H,56,57)(H2,39,42,43)(H2,51,52,53). The summed E-state index contributed by atoms with van der Waals surface area (Å²) in [6, 6.07) is 2.13. The second-order valence-corrected chi connectivity index (χ2v) is 21.9. The van der Waals surface area contributed by atoms with Crippen LogP contribution in [0.1, 0.15) is 102 Å². The van der Waals surface area contributed by atoms with Crippen LogP contribution < -0.4 is 16.4 Å². The number of aromatic nitrogens is 4. The number of nitrogens with zero attached hydrogens (tertiary/aromatic N) is 4. The van der Waals surface area contributed by atoms with Gasteiger partial charge in [-0.2, -0.15) is 4.31 Å². The van der Waals surface area contributed by atoms with E-state index in [2.05, 4.69) is 54.3 Å². The average Bonchev–Trinajstić information content (AvgIpc) is 3.92. The van der Waals surface area contributed by atoms with Crippen molar-refractivity contribution in [3.63, 3.8) is 0 Å². The molecule has 378 valence electrons. The maximum atomic E-state index is 12.7. The second-order valence-electron chi connectivity index (χ2n) is 16.5. The van der Waals surface area contributed by atoms with Crippen molar-refractivity contribution in [1.29, 1.82) is 0 Å². The summed E-state index contributed by atoms with van der Waals surface area (Å²) < 4.78 is 68.4. The number of anilines is 1. The van der Waals surface area contributed by atoms with Gasteiger partial charge in [0.2, 0.25) is 11.8 Å². The van der Waals surface area contributed by atoms with Crippen LogP contribution in [0.4, 0.5) is 5.82 Å². The number of hydrogen-bond donors (Lipinski definition) is 9. The number of aryl methyl sites for hydroxylation is 3. The maximum absolute atomic E-state index is 12.7. The molecule has 1 fully saturated rings. The van der Waals surface area contributed by atoms with Gasteiger partial charge in [-0.3, -0.25) is 32.5 Å². The number of nitrogens with two attached hydrogens (primary N) is 1. The van der Waals surface area contributed by atoms with E-state index in [4.69, 9.17) is 23.9 Å². The quantitative estimate of drug-likeness (QED) is 0.0341. The third-order valence-electron chi connectivity index (χ3n) is 10.4. The minimum absolute atomic E-state index is 0.0311. The van der Waals surface area contributed by atoms with Crippen LogP contribution in [0.3, 0.4) is 0 Å². The third-order valence-corrected chi connectivity index (χ3v) is 14.4. The molecule has 0 saturated carbocycles. The molecule has 4 heterocycles. The van der Waals surface area contributed by atoms with Gasteiger partial charge < -0.3 is 55.3 Å². The molecule has 67 heavy (non-hydrogen) atoms.